The van der Waals surface area contributed by atoms with Gasteiger partial charge >= 0.3 is 6.09 Å². The molecule has 0 aromatic carbocycles. The van der Waals surface area contributed by atoms with E-state index >= 15 is 0 Å². The lowest BCUT2D eigenvalue weighted by Gasteiger charge is -2.28. The molecule has 2 saturated heterocycles. The first-order valence-electron chi connectivity index (χ1n) is 7.04. The molecule has 0 aromatic heterocycles. The number of hydrogen-bond donors (Lipinski definition) is 1. The van der Waals surface area contributed by atoms with Gasteiger partial charge in [0.1, 0.15) is 11.4 Å². The predicted molar refractivity (Wildman–Crippen MR) is 72.0 cm³/mol. The van der Waals surface area contributed by atoms with E-state index < -0.39 is 5.60 Å². The van der Waals surface area contributed by atoms with Crippen LogP contribution >= 0.6 is 0 Å². The molecule has 19 heavy (non-hydrogen) atoms. The third-order valence-corrected chi connectivity index (χ3v) is 3.82. The second kappa shape index (κ2) is 5.12. The molecule has 1 spiro atoms. The SMILES string of the molecule is CC(C)(C)OC(=O)N1CCC2(CNCCCC2=O)C1. The molecular formula is C14H24N2O3. The van der Waals surface area contributed by atoms with Gasteiger partial charge in [0.25, 0.3) is 0 Å². The summed E-state index contributed by atoms with van der Waals surface area (Å²) < 4.78 is 5.38. The molecule has 0 saturated carbocycles. The van der Waals surface area contributed by atoms with E-state index in [1.165, 1.54) is 0 Å². The van der Waals surface area contributed by atoms with Crippen molar-refractivity contribution in [2.75, 3.05) is 26.2 Å². The Kier molecular flexibility index (Phi) is 3.85. The first kappa shape index (κ1) is 14.3. The smallest absolute Gasteiger partial charge is 0.410 e. The molecule has 1 unspecified atom stereocenters. The number of rotatable bonds is 0. The minimum atomic E-state index is -0.488. The molecule has 0 bridgehead atoms. The number of likely N-dealkylation sites (tertiary alicyclic amines) is 1. The van der Waals surface area contributed by atoms with Crippen molar-refractivity contribution in [2.24, 2.45) is 5.41 Å². The number of ketones is 1. The van der Waals surface area contributed by atoms with Gasteiger partial charge in [0.15, 0.2) is 0 Å². The summed E-state index contributed by atoms with van der Waals surface area (Å²) in [6.45, 7) is 8.25. The maximum absolute atomic E-state index is 12.3. The average Bonchev–Trinajstić information content (AvgIpc) is 2.63. The van der Waals surface area contributed by atoms with Crippen molar-refractivity contribution in [3.8, 4) is 0 Å². The minimum Gasteiger partial charge on any atom is -0.444 e. The van der Waals surface area contributed by atoms with E-state index in [-0.39, 0.29) is 11.5 Å². The molecule has 2 heterocycles. The van der Waals surface area contributed by atoms with Crippen LogP contribution in [0.3, 0.4) is 0 Å². The third kappa shape index (κ3) is 3.26. The fraction of sp³-hybridized carbons (Fsp3) is 0.857. The second-order valence-electron chi connectivity index (χ2n) is 6.64. The summed E-state index contributed by atoms with van der Waals surface area (Å²) in [5.41, 5.74) is -0.869. The fourth-order valence-corrected chi connectivity index (χ4v) is 2.79. The van der Waals surface area contributed by atoms with Crippen LogP contribution in [0, 0.1) is 5.41 Å². The molecule has 5 heteroatoms. The van der Waals surface area contributed by atoms with Crippen molar-refractivity contribution < 1.29 is 14.3 Å². The normalized spacial score (nSPS) is 28.6. The van der Waals surface area contributed by atoms with E-state index in [2.05, 4.69) is 5.32 Å². The highest BCUT2D eigenvalue weighted by molar-refractivity contribution is 5.87. The molecule has 1 atom stereocenters. The Balaban J connectivity index is 2.02. The summed E-state index contributed by atoms with van der Waals surface area (Å²) in [5, 5.41) is 3.32. The Morgan fingerprint density at radius 2 is 2.16 bits per heavy atom. The standard InChI is InChI=1S/C14H24N2O3/c1-13(2,3)19-12(18)16-8-6-14(10-16)9-15-7-4-5-11(14)17/h15H,4-10H2,1-3H3. The number of ether oxygens (including phenoxy) is 1. The van der Waals surface area contributed by atoms with Gasteiger partial charge in [-0.05, 0) is 40.2 Å². The monoisotopic (exact) mass is 268 g/mol. The van der Waals surface area contributed by atoms with Gasteiger partial charge in [-0.2, -0.15) is 0 Å². The molecule has 0 radical (unpaired) electrons. The lowest BCUT2D eigenvalue weighted by atomic mass is 9.81. The first-order chi connectivity index (χ1) is 8.82. The fourth-order valence-electron chi connectivity index (χ4n) is 2.79. The van der Waals surface area contributed by atoms with Crippen LogP contribution in [0.1, 0.15) is 40.0 Å². The highest BCUT2D eigenvalue weighted by atomic mass is 16.6. The molecule has 5 nitrogen and oxygen atoms in total. The van der Waals surface area contributed by atoms with Crippen molar-refractivity contribution in [3.05, 3.63) is 0 Å². The van der Waals surface area contributed by atoms with Gasteiger partial charge in [0, 0.05) is 26.1 Å². The van der Waals surface area contributed by atoms with Crippen LogP contribution in [0.4, 0.5) is 4.79 Å². The Labute approximate surface area is 114 Å². The second-order valence-corrected chi connectivity index (χ2v) is 6.64. The zero-order valence-corrected chi connectivity index (χ0v) is 12.1. The van der Waals surface area contributed by atoms with E-state index in [4.69, 9.17) is 4.74 Å². The lowest BCUT2D eigenvalue weighted by Crippen LogP contribution is -2.43. The number of nitrogens with zero attached hydrogens (tertiary/aromatic N) is 1. The summed E-state index contributed by atoms with van der Waals surface area (Å²) >= 11 is 0. The van der Waals surface area contributed by atoms with Crippen molar-refractivity contribution in [1.82, 2.24) is 10.2 Å². The Hall–Kier alpha value is -1.10. The number of nitrogens with one attached hydrogen (secondary N) is 1. The zero-order chi connectivity index (χ0) is 14.1. The van der Waals surface area contributed by atoms with Crippen molar-refractivity contribution in [3.63, 3.8) is 0 Å². The largest absolute Gasteiger partial charge is 0.444 e. The molecule has 2 fully saturated rings. The van der Waals surface area contributed by atoms with Gasteiger partial charge < -0.3 is 15.0 Å². The average molecular weight is 268 g/mol. The van der Waals surface area contributed by atoms with Crippen LogP contribution in [0.15, 0.2) is 0 Å². The highest BCUT2D eigenvalue weighted by Crippen LogP contribution is 2.34. The quantitative estimate of drug-likeness (QED) is 0.724. The number of carbonyl (C=O) groups excluding carboxylic acids is 2. The Bertz CT molecular complexity index is 375. The van der Waals surface area contributed by atoms with Crippen molar-refractivity contribution in [1.29, 1.82) is 0 Å². The van der Waals surface area contributed by atoms with E-state index in [0.29, 0.717) is 31.8 Å². The maximum Gasteiger partial charge on any atom is 0.410 e. The summed E-state index contributed by atoms with van der Waals surface area (Å²) in [6, 6.07) is 0. The van der Waals surface area contributed by atoms with Crippen LogP contribution in [0.5, 0.6) is 0 Å². The van der Waals surface area contributed by atoms with Crippen LogP contribution in [-0.2, 0) is 9.53 Å². The van der Waals surface area contributed by atoms with Crippen LogP contribution in [0.25, 0.3) is 0 Å². The zero-order valence-electron chi connectivity index (χ0n) is 12.1. The molecule has 0 aromatic rings. The van der Waals surface area contributed by atoms with Crippen molar-refractivity contribution >= 4 is 11.9 Å². The first-order valence-corrected chi connectivity index (χ1v) is 7.04. The van der Waals surface area contributed by atoms with Gasteiger partial charge in [0.2, 0.25) is 0 Å². The van der Waals surface area contributed by atoms with E-state index in [1.54, 1.807) is 4.90 Å². The molecule has 2 aliphatic rings. The minimum absolute atomic E-state index is 0.295. The molecule has 0 aliphatic carbocycles. The maximum atomic E-state index is 12.3. The molecule has 2 rings (SSSR count). The van der Waals surface area contributed by atoms with Crippen LogP contribution in [0.2, 0.25) is 0 Å². The summed E-state index contributed by atoms with van der Waals surface area (Å²) in [6.07, 6.45) is 1.96. The predicted octanol–water partition coefficient (Wildman–Crippen LogP) is 1.57. The Morgan fingerprint density at radius 1 is 1.42 bits per heavy atom. The third-order valence-electron chi connectivity index (χ3n) is 3.82. The lowest BCUT2D eigenvalue weighted by molar-refractivity contribution is -0.127. The summed E-state index contributed by atoms with van der Waals surface area (Å²) in [7, 11) is 0. The van der Waals surface area contributed by atoms with Gasteiger partial charge in [-0.15, -0.1) is 0 Å². The number of hydrogen-bond acceptors (Lipinski definition) is 4. The van der Waals surface area contributed by atoms with Crippen LogP contribution < -0.4 is 5.32 Å². The Morgan fingerprint density at radius 3 is 2.84 bits per heavy atom. The molecule has 2 aliphatic heterocycles. The molecule has 1 N–H and O–H groups in total. The van der Waals surface area contributed by atoms with Gasteiger partial charge in [-0.3, -0.25) is 4.79 Å². The highest BCUT2D eigenvalue weighted by Gasteiger charge is 2.46. The summed E-state index contributed by atoms with van der Waals surface area (Å²) in [5.74, 6) is 0.295. The number of Topliss-reactive ketones (excluding diaryl/α,β-unsaturated/α-hetero) is 1. The molecule has 108 valence electrons. The van der Waals surface area contributed by atoms with Crippen LogP contribution in [-0.4, -0.2) is 48.6 Å². The van der Waals surface area contributed by atoms with Gasteiger partial charge in [-0.25, -0.2) is 4.79 Å². The van der Waals surface area contributed by atoms with Gasteiger partial charge in [-0.1, -0.05) is 0 Å². The molecule has 1 amide bonds. The number of amides is 1. The summed E-state index contributed by atoms with van der Waals surface area (Å²) in [4.78, 5) is 26.0. The van der Waals surface area contributed by atoms with Crippen molar-refractivity contribution in [2.45, 2.75) is 45.6 Å². The topological polar surface area (TPSA) is 58.6 Å². The van der Waals surface area contributed by atoms with E-state index in [0.717, 1.165) is 19.4 Å². The number of carbonyl (C=O) groups is 2. The van der Waals surface area contributed by atoms with E-state index in [9.17, 15) is 9.59 Å². The van der Waals surface area contributed by atoms with E-state index in [1.807, 2.05) is 20.8 Å². The van der Waals surface area contributed by atoms with Gasteiger partial charge in [0.05, 0.1) is 5.41 Å². The molecular weight excluding hydrogens is 244 g/mol.